The van der Waals surface area contributed by atoms with Crippen LogP contribution >= 0.6 is 0 Å². The lowest BCUT2D eigenvalue weighted by atomic mass is 10.1. The van der Waals surface area contributed by atoms with Crippen molar-refractivity contribution < 1.29 is 14.0 Å². The Morgan fingerprint density at radius 2 is 2.23 bits per heavy atom. The van der Waals surface area contributed by atoms with Gasteiger partial charge >= 0.3 is 0 Å². The molecule has 132 valence electrons. The van der Waals surface area contributed by atoms with Gasteiger partial charge in [-0.25, -0.2) is 4.98 Å². The van der Waals surface area contributed by atoms with E-state index in [0.717, 1.165) is 0 Å². The maximum Gasteiger partial charge on any atom is 0.258 e. The summed E-state index contributed by atoms with van der Waals surface area (Å²) in [5, 5.41) is 3.18. The molecule has 3 aromatic rings. The third-order valence-corrected chi connectivity index (χ3v) is 4.42. The summed E-state index contributed by atoms with van der Waals surface area (Å²) in [7, 11) is 0. The van der Waals surface area contributed by atoms with E-state index in [1.165, 1.54) is 6.33 Å². The maximum absolute atomic E-state index is 12.5. The molecule has 4 rings (SSSR count). The highest BCUT2D eigenvalue weighted by molar-refractivity contribution is 5.98. The minimum atomic E-state index is -0.444. The third-order valence-electron chi connectivity index (χ3n) is 4.42. The SMILES string of the molecule is O=C(Nc1ccc2nc[nH]c(=O)c2c1)[C@H]1CC(=O)N(Cc2ccco2)C1. The molecule has 1 atom stereocenters. The summed E-state index contributed by atoms with van der Waals surface area (Å²) in [6, 6.07) is 8.49. The van der Waals surface area contributed by atoms with Crippen LogP contribution in [-0.2, 0) is 16.1 Å². The molecule has 8 heteroatoms. The second kappa shape index (κ2) is 6.47. The number of fused-ring (bicyclic) bond motifs is 1. The average Bonchev–Trinajstić information content (AvgIpc) is 3.26. The van der Waals surface area contributed by atoms with Crippen LogP contribution in [0.3, 0.4) is 0 Å². The monoisotopic (exact) mass is 352 g/mol. The highest BCUT2D eigenvalue weighted by Crippen LogP contribution is 2.22. The van der Waals surface area contributed by atoms with Crippen LogP contribution in [-0.4, -0.2) is 33.2 Å². The van der Waals surface area contributed by atoms with E-state index < -0.39 is 5.92 Å². The van der Waals surface area contributed by atoms with Gasteiger partial charge in [0.15, 0.2) is 0 Å². The van der Waals surface area contributed by atoms with Crippen molar-refractivity contribution in [2.75, 3.05) is 11.9 Å². The molecular weight excluding hydrogens is 336 g/mol. The summed E-state index contributed by atoms with van der Waals surface area (Å²) in [6.07, 6.45) is 3.04. The lowest BCUT2D eigenvalue weighted by Gasteiger charge is -2.15. The molecule has 1 aliphatic rings. The molecule has 0 unspecified atom stereocenters. The summed E-state index contributed by atoms with van der Waals surface area (Å²) in [5.41, 5.74) is 0.775. The van der Waals surface area contributed by atoms with Crippen LogP contribution in [0.25, 0.3) is 10.9 Å². The smallest absolute Gasteiger partial charge is 0.258 e. The molecule has 0 spiro atoms. The van der Waals surface area contributed by atoms with E-state index in [4.69, 9.17) is 4.42 Å². The van der Waals surface area contributed by atoms with Crippen molar-refractivity contribution in [3.63, 3.8) is 0 Å². The van der Waals surface area contributed by atoms with Crippen molar-refractivity contribution in [2.45, 2.75) is 13.0 Å². The van der Waals surface area contributed by atoms with Gasteiger partial charge in [0.25, 0.3) is 5.56 Å². The number of H-pyrrole nitrogens is 1. The van der Waals surface area contributed by atoms with Crippen LogP contribution in [0.1, 0.15) is 12.2 Å². The molecule has 2 amide bonds. The van der Waals surface area contributed by atoms with Crippen LogP contribution in [0, 0.1) is 5.92 Å². The first kappa shape index (κ1) is 16.1. The first-order chi connectivity index (χ1) is 12.6. The zero-order valence-corrected chi connectivity index (χ0v) is 13.8. The van der Waals surface area contributed by atoms with Crippen molar-refractivity contribution in [3.8, 4) is 0 Å². The van der Waals surface area contributed by atoms with Crippen molar-refractivity contribution >= 4 is 28.4 Å². The number of benzene rings is 1. The third kappa shape index (κ3) is 3.08. The van der Waals surface area contributed by atoms with Gasteiger partial charge in [-0.3, -0.25) is 14.4 Å². The van der Waals surface area contributed by atoms with E-state index in [0.29, 0.717) is 35.4 Å². The zero-order valence-electron chi connectivity index (χ0n) is 13.8. The van der Waals surface area contributed by atoms with Gasteiger partial charge in [-0.1, -0.05) is 0 Å². The predicted molar refractivity (Wildman–Crippen MR) is 93.2 cm³/mol. The van der Waals surface area contributed by atoms with Gasteiger partial charge in [0, 0.05) is 18.7 Å². The van der Waals surface area contributed by atoms with Gasteiger partial charge < -0.3 is 19.6 Å². The number of hydrogen-bond acceptors (Lipinski definition) is 5. The molecule has 1 aromatic carbocycles. The van der Waals surface area contributed by atoms with Gasteiger partial charge in [-0.05, 0) is 30.3 Å². The van der Waals surface area contributed by atoms with E-state index in [2.05, 4.69) is 15.3 Å². The number of rotatable bonds is 4. The summed E-state index contributed by atoms with van der Waals surface area (Å²) in [6.45, 7) is 0.688. The number of amides is 2. The summed E-state index contributed by atoms with van der Waals surface area (Å²) >= 11 is 0. The number of aromatic nitrogens is 2. The molecule has 0 aliphatic carbocycles. The van der Waals surface area contributed by atoms with Crippen molar-refractivity contribution in [1.82, 2.24) is 14.9 Å². The Balaban J connectivity index is 1.46. The van der Waals surface area contributed by atoms with Crippen LogP contribution in [0.15, 0.2) is 52.1 Å². The van der Waals surface area contributed by atoms with E-state index in [1.807, 2.05) is 0 Å². The Hall–Kier alpha value is -3.42. The molecule has 2 aromatic heterocycles. The fourth-order valence-electron chi connectivity index (χ4n) is 3.08. The number of hydrogen-bond donors (Lipinski definition) is 2. The number of aromatic amines is 1. The molecule has 1 aliphatic heterocycles. The Kier molecular flexibility index (Phi) is 4.00. The van der Waals surface area contributed by atoms with Crippen LogP contribution in [0.4, 0.5) is 5.69 Å². The van der Waals surface area contributed by atoms with Crippen LogP contribution in [0.2, 0.25) is 0 Å². The molecule has 2 N–H and O–H groups in total. The molecule has 26 heavy (non-hydrogen) atoms. The molecule has 1 saturated heterocycles. The van der Waals surface area contributed by atoms with Gasteiger partial charge in [0.2, 0.25) is 11.8 Å². The standard InChI is InChI=1S/C18H16N4O4/c23-16-6-11(8-22(16)9-13-2-1-5-26-13)17(24)21-12-3-4-15-14(7-12)18(25)20-10-19-15/h1-5,7,10-11H,6,8-9H2,(H,21,24)(H,19,20,25)/t11-/m0/s1. The average molecular weight is 352 g/mol. The normalized spacial score (nSPS) is 17.0. The second-order valence-electron chi connectivity index (χ2n) is 6.21. The van der Waals surface area contributed by atoms with Crippen LogP contribution < -0.4 is 10.9 Å². The molecule has 0 radical (unpaired) electrons. The Bertz CT molecular complexity index is 1030. The Morgan fingerprint density at radius 1 is 1.35 bits per heavy atom. The van der Waals surface area contributed by atoms with E-state index in [-0.39, 0.29) is 23.8 Å². The molecule has 0 bridgehead atoms. The van der Waals surface area contributed by atoms with E-state index >= 15 is 0 Å². The second-order valence-corrected chi connectivity index (χ2v) is 6.21. The fourth-order valence-corrected chi connectivity index (χ4v) is 3.08. The minimum Gasteiger partial charge on any atom is -0.467 e. The van der Waals surface area contributed by atoms with E-state index in [9.17, 15) is 14.4 Å². The van der Waals surface area contributed by atoms with Gasteiger partial charge in [0.1, 0.15) is 5.76 Å². The highest BCUT2D eigenvalue weighted by atomic mass is 16.3. The largest absolute Gasteiger partial charge is 0.467 e. The molecule has 1 fully saturated rings. The number of nitrogens with one attached hydrogen (secondary N) is 2. The molecule has 0 saturated carbocycles. The highest BCUT2D eigenvalue weighted by Gasteiger charge is 2.34. The maximum atomic E-state index is 12.5. The number of nitrogens with zero attached hydrogens (tertiary/aromatic N) is 2. The molecular formula is C18H16N4O4. The van der Waals surface area contributed by atoms with Crippen molar-refractivity contribution in [3.05, 3.63) is 59.0 Å². The Labute approximate surface area is 147 Å². The van der Waals surface area contributed by atoms with Gasteiger partial charge in [0.05, 0.1) is 36.0 Å². The number of furan rings is 1. The predicted octanol–water partition coefficient (Wildman–Crippen LogP) is 1.50. The van der Waals surface area contributed by atoms with Gasteiger partial charge in [-0.15, -0.1) is 0 Å². The minimum absolute atomic E-state index is 0.0827. The van der Waals surface area contributed by atoms with Crippen LogP contribution in [0.5, 0.6) is 0 Å². The fraction of sp³-hybridized carbons (Fsp3) is 0.222. The topological polar surface area (TPSA) is 108 Å². The quantitative estimate of drug-likeness (QED) is 0.740. The summed E-state index contributed by atoms with van der Waals surface area (Å²) in [4.78, 5) is 44.7. The first-order valence-electron chi connectivity index (χ1n) is 8.18. The number of likely N-dealkylation sites (tertiary alicyclic amines) is 1. The number of anilines is 1. The van der Waals surface area contributed by atoms with Gasteiger partial charge in [-0.2, -0.15) is 0 Å². The lowest BCUT2D eigenvalue weighted by Crippen LogP contribution is -2.27. The molecule has 3 heterocycles. The van der Waals surface area contributed by atoms with Crippen molar-refractivity contribution in [2.24, 2.45) is 5.92 Å². The van der Waals surface area contributed by atoms with E-state index in [1.54, 1.807) is 41.5 Å². The Morgan fingerprint density at radius 3 is 3.04 bits per heavy atom. The summed E-state index contributed by atoms with van der Waals surface area (Å²) < 4.78 is 5.25. The van der Waals surface area contributed by atoms with Crippen molar-refractivity contribution in [1.29, 1.82) is 0 Å². The first-order valence-corrected chi connectivity index (χ1v) is 8.18. The number of carbonyl (C=O) groups is 2. The lowest BCUT2D eigenvalue weighted by molar-refractivity contribution is -0.128. The summed E-state index contributed by atoms with van der Waals surface area (Å²) in [5.74, 6) is -0.0957. The zero-order chi connectivity index (χ0) is 18.1. The molecule has 8 nitrogen and oxygen atoms in total. The number of carbonyl (C=O) groups excluding carboxylic acids is 2.